The molecule has 0 N–H and O–H groups in total. The van der Waals surface area contributed by atoms with Gasteiger partial charge < -0.3 is 18.9 Å². The normalized spacial score (nSPS) is 44.1. The summed E-state index contributed by atoms with van der Waals surface area (Å²) >= 11 is 0. The van der Waals surface area contributed by atoms with Crippen LogP contribution in [0.3, 0.4) is 0 Å². The van der Waals surface area contributed by atoms with Crippen LogP contribution in [0, 0.1) is 0 Å². The smallest absolute Gasteiger partial charge is 0.164 e. The van der Waals surface area contributed by atoms with Gasteiger partial charge in [0.2, 0.25) is 0 Å². The van der Waals surface area contributed by atoms with E-state index in [-0.39, 0.29) is 24.4 Å². The number of carbonyl (C=O) groups excluding carboxylic acids is 1. The first-order chi connectivity index (χ1) is 8.31. The summed E-state index contributed by atoms with van der Waals surface area (Å²) in [5, 5.41) is 0. The molecule has 100 valence electrons. The minimum absolute atomic E-state index is 0.226. The zero-order valence-electron chi connectivity index (χ0n) is 11.0. The lowest BCUT2D eigenvalue weighted by Crippen LogP contribution is -2.46. The monoisotopic (exact) mass is 254 g/mol. The molecule has 0 aromatic heterocycles. The SMILES string of the molecule is CC1(C)O[C@H]2[C@@H]3OC(C)(C)O[C@@H]3C=C(C=O)[C@H]2O1. The molecule has 1 aliphatic carbocycles. The van der Waals surface area contributed by atoms with Crippen molar-refractivity contribution in [3.63, 3.8) is 0 Å². The molecule has 0 saturated carbocycles. The molecule has 0 unspecified atom stereocenters. The van der Waals surface area contributed by atoms with Gasteiger partial charge in [-0.25, -0.2) is 0 Å². The second-order valence-corrected chi connectivity index (χ2v) is 5.87. The van der Waals surface area contributed by atoms with Crippen LogP contribution in [-0.4, -0.2) is 42.3 Å². The fourth-order valence-corrected chi connectivity index (χ4v) is 2.88. The van der Waals surface area contributed by atoms with Crippen LogP contribution in [0.5, 0.6) is 0 Å². The van der Waals surface area contributed by atoms with Gasteiger partial charge in [-0.05, 0) is 33.8 Å². The van der Waals surface area contributed by atoms with E-state index in [0.717, 1.165) is 6.29 Å². The Morgan fingerprint density at radius 2 is 1.61 bits per heavy atom. The molecule has 3 aliphatic rings. The van der Waals surface area contributed by atoms with Gasteiger partial charge in [0.1, 0.15) is 30.7 Å². The molecule has 0 aromatic rings. The summed E-state index contributed by atoms with van der Waals surface area (Å²) in [5.41, 5.74) is 0.577. The standard InChI is InChI=1S/C13H18O5/c1-12(2)15-8-5-7(6-14)9-11(10(8)17-12)18-13(3,4)16-9/h5-6,8-11H,1-4H3/t8-,9-,10-,11-/m1/s1. The molecular formula is C13H18O5. The number of rotatable bonds is 1. The van der Waals surface area contributed by atoms with E-state index in [4.69, 9.17) is 18.9 Å². The summed E-state index contributed by atoms with van der Waals surface area (Å²) in [6.07, 6.45) is 1.47. The van der Waals surface area contributed by atoms with Gasteiger partial charge in [-0.3, -0.25) is 4.79 Å². The van der Waals surface area contributed by atoms with Gasteiger partial charge in [0.05, 0.1) is 0 Å². The van der Waals surface area contributed by atoms with Gasteiger partial charge in [0.25, 0.3) is 0 Å². The van der Waals surface area contributed by atoms with Crippen LogP contribution < -0.4 is 0 Å². The predicted octanol–water partition coefficient (Wildman–Crippen LogP) is 1.17. The van der Waals surface area contributed by atoms with Gasteiger partial charge in [-0.15, -0.1) is 0 Å². The van der Waals surface area contributed by atoms with Crippen molar-refractivity contribution in [3.8, 4) is 0 Å². The van der Waals surface area contributed by atoms with E-state index in [1.54, 1.807) is 6.08 Å². The molecule has 2 heterocycles. The van der Waals surface area contributed by atoms with E-state index < -0.39 is 11.6 Å². The van der Waals surface area contributed by atoms with Crippen molar-refractivity contribution in [2.75, 3.05) is 0 Å². The second kappa shape index (κ2) is 3.63. The van der Waals surface area contributed by atoms with Gasteiger partial charge in [0.15, 0.2) is 11.6 Å². The number of carbonyl (C=O) groups is 1. The molecule has 4 atom stereocenters. The molecule has 3 rings (SSSR count). The van der Waals surface area contributed by atoms with E-state index >= 15 is 0 Å². The Morgan fingerprint density at radius 1 is 1.00 bits per heavy atom. The average molecular weight is 254 g/mol. The van der Waals surface area contributed by atoms with E-state index in [1.807, 2.05) is 27.7 Å². The lowest BCUT2D eigenvalue weighted by atomic mass is 9.90. The molecule has 0 aromatic carbocycles. The maximum atomic E-state index is 11.2. The largest absolute Gasteiger partial charge is 0.341 e. The van der Waals surface area contributed by atoms with Gasteiger partial charge in [0, 0.05) is 5.57 Å². The molecule has 0 spiro atoms. The summed E-state index contributed by atoms with van der Waals surface area (Å²) in [6, 6.07) is 0. The predicted molar refractivity (Wildman–Crippen MR) is 61.8 cm³/mol. The molecule has 18 heavy (non-hydrogen) atoms. The summed E-state index contributed by atoms with van der Waals surface area (Å²) in [4.78, 5) is 11.2. The van der Waals surface area contributed by atoms with Crippen LogP contribution in [0.4, 0.5) is 0 Å². The van der Waals surface area contributed by atoms with Crippen molar-refractivity contribution in [3.05, 3.63) is 11.6 Å². The summed E-state index contributed by atoms with van der Waals surface area (Å²) in [7, 11) is 0. The van der Waals surface area contributed by atoms with E-state index in [1.165, 1.54) is 0 Å². The van der Waals surface area contributed by atoms with Gasteiger partial charge >= 0.3 is 0 Å². The zero-order chi connectivity index (χ0) is 13.1. The van der Waals surface area contributed by atoms with Gasteiger partial charge in [-0.1, -0.05) is 0 Å². The van der Waals surface area contributed by atoms with Gasteiger partial charge in [-0.2, -0.15) is 0 Å². The Kier molecular flexibility index (Phi) is 2.48. The Hall–Kier alpha value is -0.750. The Labute approximate surface area is 106 Å². The Morgan fingerprint density at radius 3 is 2.28 bits per heavy atom. The van der Waals surface area contributed by atoms with E-state index in [0.29, 0.717) is 5.57 Å². The maximum absolute atomic E-state index is 11.2. The molecule has 0 bridgehead atoms. The van der Waals surface area contributed by atoms with Crippen LogP contribution in [0.15, 0.2) is 11.6 Å². The molecule has 5 heteroatoms. The third kappa shape index (κ3) is 1.82. The lowest BCUT2D eigenvalue weighted by Gasteiger charge is -2.29. The lowest BCUT2D eigenvalue weighted by molar-refractivity contribution is -0.175. The van der Waals surface area contributed by atoms with Crippen LogP contribution in [0.1, 0.15) is 27.7 Å². The summed E-state index contributed by atoms with van der Waals surface area (Å²) in [5.74, 6) is -1.37. The minimum atomic E-state index is -0.706. The van der Waals surface area contributed by atoms with Crippen LogP contribution >= 0.6 is 0 Å². The van der Waals surface area contributed by atoms with Crippen LogP contribution in [0.25, 0.3) is 0 Å². The highest BCUT2D eigenvalue weighted by Gasteiger charge is 2.56. The molecule has 2 aliphatic heterocycles. The molecule has 2 saturated heterocycles. The zero-order valence-corrected chi connectivity index (χ0v) is 11.0. The van der Waals surface area contributed by atoms with E-state index in [9.17, 15) is 4.79 Å². The number of hydrogen-bond donors (Lipinski definition) is 0. The highest BCUT2D eigenvalue weighted by atomic mass is 16.8. The quantitative estimate of drug-likeness (QED) is 0.657. The van der Waals surface area contributed by atoms with Crippen molar-refractivity contribution in [2.45, 2.75) is 63.7 Å². The Bertz CT molecular complexity index is 412. The number of hydrogen-bond acceptors (Lipinski definition) is 5. The second-order valence-electron chi connectivity index (χ2n) is 5.87. The fourth-order valence-electron chi connectivity index (χ4n) is 2.88. The van der Waals surface area contributed by atoms with Crippen LogP contribution in [0.2, 0.25) is 0 Å². The third-order valence-electron chi connectivity index (χ3n) is 3.44. The molecule has 0 radical (unpaired) electrons. The number of ether oxygens (including phenoxy) is 4. The van der Waals surface area contributed by atoms with Crippen molar-refractivity contribution in [2.24, 2.45) is 0 Å². The van der Waals surface area contributed by atoms with Crippen molar-refractivity contribution >= 4 is 6.29 Å². The van der Waals surface area contributed by atoms with Crippen molar-refractivity contribution in [1.29, 1.82) is 0 Å². The molecule has 2 fully saturated rings. The number of fused-ring (bicyclic) bond motifs is 3. The first kappa shape index (κ1) is 12.3. The topological polar surface area (TPSA) is 54.0 Å². The Balaban J connectivity index is 1.96. The highest BCUT2D eigenvalue weighted by molar-refractivity contribution is 5.76. The van der Waals surface area contributed by atoms with Crippen LogP contribution in [-0.2, 0) is 23.7 Å². The third-order valence-corrected chi connectivity index (χ3v) is 3.44. The summed E-state index contributed by atoms with van der Waals surface area (Å²) < 4.78 is 23.3. The molecule has 0 amide bonds. The fraction of sp³-hybridized carbons (Fsp3) is 0.769. The minimum Gasteiger partial charge on any atom is -0.341 e. The molecule has 5 nitrogen and oxygen atoms in total. The average Bonchev–Trinajstić information content (AvgIpc) is 2.71. The first-order valence-electron chi connectivity index (χ1n) is 6.19. The van der Waals surface area contributed by atoms with E-state index in [2.05, 4.69) is 0 Å². The maximum Gasteiger partial charge on any atom is 0.164 e. The molecular weight excluding hydrogens is 236 g/mol. The number of aldehydes is 1. The van der Waals surface area contributed by atoms with Crippen molar-refractivity contribution in [1.82, 2.24) is 0 Å². The first-order valence-corrected chi connectivity index (χ1v) is 6.19. The van der Waals surface area contributed by atoms with Crippen molar-refractivity contribution < 1.29 is 23.7 Å². The summed E-state index contributed by atoms with van der Waals surface area (Å²) in [6.45, 7) is 7.39. The highest BCUT2D eigenvalue weighted by Crippen LogP contribution is 2.43.